The Morgan fingerprint density at radius 3 is 2.77 bits per heavy atom. The van der Waals surface area contributed by atoms with Crippen LogP contribution in [0.15, 0.2) is 60.7 Å². The van der Waals surface area contributed by atoms with Gasteiger partial charge in [0.25, 0.3) is 0 Å². The number of benzene rings is 2. The summed E-state index contributed by atoms with van der Waals surface area (Å²) in [6.07, 6.45) is -0.0691. The van der Waals surface area contributed by atoms with Crippen molar-refractivity contribution in [3.63, 3.8) is 0 Å². The maximum Gasteiger partial charge on any atom is 0.247 e. The average Bonchev–Trinajstić information content (AvgIpc) is 3.34. The number of aryl methyl sites for hydroxylation is 1. The first kappa shape index (κ1) is 18.8. The second-order valence-electron chi connectivity index (χ2n) is 7.77. The summed E-state index contributed by atoms with van der Waals surface area (Å²) in [6, 6.07) is 19.0. The molecule has 0 fully saturated rings. The molecule has 0 aliphatic carbocycles. The second-order valence-corrected chi connectivity index (χ2v) is 7.77. The van der Waals surface area contributed by atoms with E-state index >= 15 is 0 Å². The summed E-state index contributed by atoms with van der Waals surface area (Å²) < 4.78 is 7.76. The zero-order valence-electron chi connectivity index (χ0n) is 16.7. The number of hydrogen-bond acceptors (Lipinski definition) is 5. The first-order valence-corrected chi connectivity index (χ1v) is 10.2. The van der Waals surface area contributed by atoms with Gasteiger partial charge in [0, 0.05) is 25.2 Å². The van der Waals surface area contributed by atoms with Crippen molar-refractivity contribution in [3.8, 4) is 5.75 Å². The number of aliphatic hydroxyl groups excluding tert-OH is 1. The molecule has 2 aliphatic heterocycles. The van der Waals surface area contributed by atoms with Gasteiger partial charge in [0.05, 0.1) is 5.69 Å². The van der Waals surface area contributed by atoms with Crippen molar-refractivity contribution in [1.29, 1.82) is 0 Å². The molecule has 154 valence electrons. The van der Waals surface area contributed by atoms with E-state index in [9.17, 15) is 9.90 Å². The lowest BCUT2D eigenvalue weighted by atomic mass is 9.95. The normalized spacial score (nSPS) is 21.5. The fraction of sp³-hybridized carbons (Fsp3) is 0.304. The van der Waals surface area contributed by atoms with Crippen molar-refractivity contribution >= 4 is 11.6 Å². The van der Waals surface area contributed by atoms with Gasteiger partial charge >= 0.3 is 0 Å². The zero-order valence-corrected chi connectivity index (χ0v) is 16.7. The van der Waals surface area contributed by atoms with Gasteiger partial charge in [-0.05, 0) is 30.2 Å². The van der Waals surface area contributed by atoms with E-state index in [1.807, 2.05) is 53.2 Å². The van der Waals surface area contributed by atoms with E-state index in [1.54, 1.807) is 11.9 Å². The van der Waals surface area contributed by atoms with Gasteiger partial charge in [-0.3, -0.25) is 14.8 Å². The van der Waals surface area contributed by atoms with Crippen molar-refractivity contribution in [2.24, 2.45) is 0 Å². The van der Waals surface area contributed by atoms with Crippen LogP contribution in [0.25, 0.3) is 0 Å². The van der Waals surface area contributed by atoms with Crippen LogP contribution in [0.2, 0.25) is 0 Å². The third-order valence-electron chi connectivity index (χ3n) is 5.92. The first-order chi connectivity index (χ1) is 14.6. The van der Waals surface area contributed by atoms with E-state index in [1.165, 1.54) is 5.56 Å². The Kier molecular flexibility index (Phi) is 4.77. The molecule has 2 aromatic carbocycles. The summed E-state index contributed by atoms with van der Waals surface area (Å²) in [4.78, 5) is 14.5. The summed E-state index contributed by atoms with van der Waals surface area (Å²) in [5.74, 6) is 0.759. The van der Waals surface area contributed by atoms with E-state index < -0.39 is 12.3 Å². The number of nitrogens with one attached hydrogen (secondary N) is 1. The van der Waals surface area contributed by atoms with E-state index in [4.69, 9.17) is 4.74 Å². The highest BCUT2D eigenvalue weighted by Gasteiger charge is 2.33. The molecular formula is C23H24N4O3. The van der Waals surface area contributed by atoms with Crippen LogP contribution in [0.4, 0.5) is 5.69 Å². The summed E-state index contributed by atoms with van der Waals surface area (Å²) in [5.41, 5.74) is 3.57. The number of anilines is 1. The van der Waals surface area contributed by atoms with Crippen LogP contribution in [-0.2, 0) is 11.3 Å². The lowest BCUT2D eigenvalue weighted by Gasteiger charge is -2.22. The highest BCUT2D eigenvalue weighted by molar-refractivity contribution is 5.98. The number of ether oxygens (including phenoxy) is 1. The molecule has 0 saturated heterocycles. The molecule has 7 heteroatoms. The monoisotopic (exact) mass is 404 g/mol. The van der Waals surface area contributed by atoms with Crippen molar-refractivity contribution < 1.29 is 14.6 Å². The summed E-state index contributed by atoms with van der Waals surface area (Å²) in [7, 11) is 1.71. The molecule has 2 N–H and O–H groups in total. The Bertz CT molecular complexity index is 1070. The number of rotatable bonds is 4. The highest BCUT2D eigenvalue weighted by atomic mass is 16.5. The number of nitrogens with zero attached hydrogens (tertiary/aromatic N) is 3. The standard InChI is InChI=1S/C23H24N4O3/c1-26-19-9-5-6-10-21(19)30-14-18(23(26)29)24-22(28)17-13-20-16(11-12-27(20)25-17)15-7-3-2-4-8-15/h2-10,13,16,18,22,24,28H,11-12,14H2,1H3/t16-,18+,22?/m1/s1. The molecule has 30 heavy (non-hydrogen) atoms. The van der Waals surface area contributed by atoms with E-state index in [-0.39, 0.29) is 18.4 Å². The molecule has 0 spiro atoms. The minimum atomic E-state index is -1.06. The van der Waals surface area contributed by atoms with Crippen LogP contribution in [0.1, 0.15) is 35.5 Å². The topological polar surface area (TPSA) is 79.6 Å². The molecule has 1 unspecified atom stereocenters. The number of aromatic nitrogens is 2. The molecule has 3 heterocycles. The van der Waals surface area contributed by atoms with Crippen LogP contribution < -0.4 is 15.0 Å². The predicted molar refractivity (Wildman–Crippen MR) is 112 cm³/mol. The van der Waals surface area contributed by atoms with Crippen LogP contribution in [-0.4, -0.2) is 40.5 Å². The van der Waals surface area contributed by atoms with E-state index in [2.05, 4.69) is 22.5 Å². The van der Waals surface area contributed by atoms with E-state index in [0.717, 1.165) is 18.7 Å². The molecule has 0 radical (unpaired) electrons. The molecule has 2 aliphatic rings. The number of likely N-dealkylation sites (N-methyl/N-ethyl adjacent to an activating group) is 1. The van der Waals surface area contributed by atoms with Gasteiger partial charge in [0.2, 0.25) is 5.91 Å². The number of carbonyl (C=O) groups excluding carboxylic acids is 1. The molecule has 3 atom stereocenters. The molecule has 1 aromatic heterocycles. The zero-order chi connectivity index (χ0) is 20.7. The van der Waals surface area contributed by atoms with Crippen LogP contribution in [0.3, 0.4) is 0 Å². The number of carbonyl (C=O) groups is 1. The first-order valence-electron chi connectivity index (χ1n) is 10.2. The fourth-order valence-corrected chi connectivity index (χ4v) is 4.32. The minimum absolute atomic E-state index is 0.136. The largest absolute Gasteiger partial charge is 0.489 e. The van der Waals surface area contributed by atoms with Gasteiger partial charge < -0.3 is 14.7 Å². The van der Waals surface area contributed by atoms with Crippen LogP contribution >= 0.6 is 0 Å². The molecule has 7 nitrogen and oxygen atoms in total. The lowest BCUT2D eigenvalue weighted by molar-refractivity contribution is -0.121. The van der Waals surface area contributed by atoms with Gasteiger partial charge in [0.1, 0.15) is 24.1 Å². The predicted octanol–water partition coefficient (Wildman–Crippen LogP) is 2.42. The number of amides is 1. The number of fused-ring (bicyclic) bond motifs is 2. The maximum atomic E-state index is 12.9. The fourth-order valence-electron chi connectivity index (χ4n) is 4.32. The Morgan fingerprint density at radius 2 is 1.93 bits per heavy atom. The van der Waals surface area contributed by atoms with Gasteiger partial charge in [-0.25, -0.2) is 0 Å². The lowest BCUT2D eigenvalue weighted by Crippen LogP contribution is -2.48. The third kappa shape index (κ3) is 3.26. The summed E-state index contributed by atoms with van der Waals surface area (Å²) in [5, 5.41) is 18.4. The minimum Gasteiger partial charge on any atom is -0.489 e. The van der Waals surface area contributed by atoms with Gasteiger partial charge in [0.15, 0.2) is 6.23 Å². The molecule has 3 aromatic rings. The van der Waals surface area contributed by atoms with Gasteiger partial charge in [-0.2, -0.15) is 5.10 Å². The number of para-hydroxylation sites is 2. The van der Waals surface area contributed by atoms with E-state index in [0.29, 0.717) is 17.1 Å². The number of aliphatic hydroxyl groups is 1. The van der Waals surface area contributed by atoms with Crippen molar-refractivity contribution in [2.45, 2.75) is 31.2 Å². The SMILES string of the molecule is CN1C(=O)[C@@H](NC(O)c2cc3n(n2)CC[C@@H]3c2ccccc2)COc2ccccc21. The van der Waals surface area contributed by atoms with Crippen molar-refractivity contribution in [2.75, 3.05) is 18.6 Å². The summed E-state index contributed by atoms with van der Waals surface area (Å²) in [6.45, 7) is 0.947. The quantitative estimate of drug-likeness (QED) is 0.653. The van der Waals surface area contributed by atoms with Gasteiger partial charge in [-0.15, -0.1) is 0 Å². The Balaban J connectivity index is 1.33. The van der Waals surface area contributed by atoms with Crippen molar-refractivity contribution in [3.05, 3.63) is 77.6 Å². The smallest absolute Gasteiger partial charge is 0.247 e. The van der Waals surface area contributed by atoms with Crippen molar-refractivity contribution in [1.82, 2.24) is 15.1 Å². The third-order valence-corrected chi connectivity index (χ3v) is 5.92. The second kappa shape index (κ2) is 7.59. The van der Waals surface area contributed by atoms with Crippen LogP contribution in [0.5, 0.6) is 5.75 Å². The van der Waals surface area contributed by atoms with Crippen LogP contribution in [0, 0.1) is 0 Å². The Morgan fingerprint density at radius 1 is 1.17 bits per heavy atom. The molecule has 0 saturated carbocycles. The molecule has 1 amide bonds. The molecular weight excluding hydrogens is 380 g/mol. The summed E-state index contributed by atoms with van der Waals surface area (Å²) >= 11 is 0. The highest BCUT2D eigenvalue weighted by Crippen LogP contribution is 2.35. The van der Waals surface area contributed by atoms with Gasteiger partial charge in [-0.1, -0.05) is 42.5 Å². The molecule has 5 rings (SSSR count). The Labute approximate surface area is 174 Å². The maximum absolute atomic E-state index is 12.9. The Hall–Kier alpha value is -3.16. The number of hydrogen-bond donors (Lipinski definition) is 2. The molecule has 0 bridgehead atoms. The average molecular weight is 404 g/mol.